The molecule has 0 aliphatic carbocycles. The second-order valence-corrected chi connectivity index (χ2v) is 6.74. The summed E-state index contributed by atoms with van der Waals surface area (Å²) in [4.78, 5) is 25.8. The molecule has 0 aliphatic rings. The van der Waals surface area contributed by atoms with Gasteiger partial charge in [-0.15, -0.1) is 0 Å². The Kier molecular flexibility index (Phi) is 7.92. The van der Waals surface area contributed by atoms with Crippen molar-refractivity contribution in [2.45, 2.75) is 46.2 Å². The van der Waals surface area contributed by atoms with Gasteiger partial charge in [-0.3, -0.25) is 9.59 Å². The molecular formula is C19H31N3O2. The number of likely N-dealkylation sites (N-methyl/N-ethyl adjacent to an activating group) is 1. The predicted molar refractivity (Wildman–Crippen MR) is 97.7 cm³/mol. The van der Waals surface area contributed by atoms with Gasteiger partial charge in [-0.25, -0.2) is 0 Å². The van der Waals surface area contributed by atoms with Crippen molar-refractivity contribution < 1.29 is 9.59 Å². The van der Waals surface area contributed by atoms with Crippen molar-refractivity contribution in [1.82, 2.24) is 15.5 Å². The first-order valence-corrected chi connectivity index (χ1v) is 8.56. The topological polar surface area (TPSA) is 61.4 Å². The van der Waals surface area contributed by atoms with Crippen molar-refractivity contribution in [3.63, 3.8) is 0 Å². The van der Waals surface area contributed by atoms with Gasteiger partial charge in [0, 0.05) is 13.5 Å². The van der Waals surface area contributed by atoms with E-state index in [0.29, 0.717) is 6.54 Å². The Morgan fingerprint density at radius 3 is 2.12 bits per heavy atom. The summed E-state index contributed by atoms with van der Waals surface area (Å²) in [5, 5.41) is 5.70. The number of rotatable bonds is 8. The summed E-state index contributed by atoms with van der Waals surface area (Å²) in [6.45, 7) is 7.91. The van der Waals surface area contributed by atoms with E-state index in [0.717, 1.165) is 12.0 Å². The standard InChI is InChI=1S/C19H31N3O2/c1-7-15-8-10-16(11-9-15)17(22(5)6)12-20-19(24)18(13(2)3)21-14(4)23/h8-11,13,17-18H,7,12H2,1-6H3,(H,20,24)(H,21,23). The Balaban J connectivity index is 2.77. The summed E-state index contributed by atoms with van der Waals surface area (Å²) in [5.74, 6) is -0.295. The summed E-state index contributed by atoms with van der Waals surface area (Å²) in [7, 11) is 4.00. The Morgan fingerprint density at radius 1 is 1.12 bits per heavy atom. The van der Waals surface area contributed by atoms with Crippen LogP contribution in [-0.4, -0.2) is 43.4 Å². The van der Waals surface area contributed by atoms with E-state index in [-0.39, 0.29) is 23.8 Å². The summed E-state index contributed by atoms with van der Waals surface area (Å²) >= 11 is 0. The average molecular weight is 333 g/mol. The number of hydrogen-bond acceptors (Lipinski definition) is 3. The zero-order valence-corrected chi connectivity index (χ0v) is 15.7. The van der Waals surface area contributed by atoms with Crippen LogP contribution in [0.4, 0.5) is 0 Å². The zero-order valence-electron chi connectivity index (χ0n) is 15.7. The van der Waals surface area contributed by atoms with E-state index in [1.54, 1.807) is 0 Å². The maximum absolute atomic E-state index is 12.4. The van der Waals surface area contributed by atoms with Gasteiger partial charge in [0.15, 0.2) is 0 Å². The third-order valence-corrected chi connectivity index (χ3v) is 4.17. The molecule has 0 spiro atoms. The highest BCUT2D eigenvalue weighted by Crippen LogP contribution is 2.18. The van der Waals surface area contributed by atoms with Gasteiger partial charge >= 0.3 is 0 Å². The fourth-order valence-corrected chi connectivity index (χ4v) is 2.64. The van der Waals surface area contributed by atoms with Crippen LogP contribution in [0.1, 0.15) is 44.9 Å². The monoisotopic (exact) mass is 333 g/mol. The molecule has 0 aromatic heterocycles. The van der Waals surface area contributed by atoms with Crippen LogP contribution in [0.2, 0.25) is 0 Å². The van der Waals surface area contributed by atoms with Crippen molar-refractivity contribution in [1.29, 1.82) is 0 Å². The molecule has 24 heavy (non-hydrogen) atoms. The first-order chi connectivity index (χ1) is 11.3. The molecule has 0 radical (unpaired) electrons. The number of amides is 2. The minimum Gasteiger partial charge on any atom is -0.352 e. The lowest BCUT2D eigenvalue weighted by atomic mass is 10.0. The van der Waals surface area contributed by atoms with E-state index < -0.39 is 6.04 Å². The molecule has 2 N–H and O–H groups in total. The number of carbonyl (C=O) groups is 2. The van der Waals surface area contributed by atoms with Gasteiger partial charge in [0.05, 0.1) is 6.04 Å². The third-order valence-electron chi connectivity index (χ3n) is 4.17. The van der Waals surface area contributed by atoms with Gasteiger partial charge in [0.1, 0.15) is 6.04 Å². The largest absolute Gasteiger partial charge is 0.352 e. The van der Waals surface area contributed by atoms with E-state index in [1.807, 2.05) is 27.9 Å². The highest BCUT2D eigenvalue weighted by molar-refractivity contribution is 5.87. The molecule has 0 aliphatic heterocycles. The van der Waals surface area contributed by atoms with E-state index >= 15 is 0 Å². The lowest BCUT2D eigenvalue weighted by molar-refractivity contribution is -0.129. The molecule has 2 atom stereocenters. The van der Waals surface area contributed by atoms with E-state index in [9.17, 15) is 9.59 Å². The Bertz CT molecular complexity index is 538. The van der Waals surface area contributed by atoms with Gasteiger partial charge in [0.2, 0.25) is 11.8 Å². The van der Waals surface area contributed by atoms with Gasteiger partial charge in [-0.2, -0.15) is 0 Å². The summed E-state index contributed by atoms with van der Waals surface area (Å²) in [6.07, 6.45) is 1.01. The summed E-state index contributed by atoms with van der Waals surface area (Å²) in [5.41, 5.74) is 2.46. The van der Waals surface area contributed by atoms with E-state index in [1.165, 1.54) is 12.5 Å². The van der Waals surface area contributed by atoms with Crippen molar-refractivity contribution in [3.05, 3.63) is 35.4 Å². The van der Waals surface area contributed by atoms with Gasteiger partial charge in [-0.05, 0) is 37.6 Å². The average Bonchev–Trinajstić information content (AvgIpc) is 2.52. The van der Waals surface area contributed by atoms with Gasteiger partial charge in [-0.1, -0.05) is 45.0 Å². The first kappa shape index (κ1) is 20.2. The Labute approximate surface area is 145 Å². The lowest BCUT2D eigenvalue weighted by Crippen LogP contribution is -2.50. The normalized spacial score (nSPS) is 13.7. The molecule has 1 rings (SSSR count). The van der Waals surface area contributed by atoms with Crippen LogP contribution in [0.25, 0.3) is 0 Å². The Morgan fingerprint density at radius 2 is 1.71 bits per heavy atom. The number of carbonyl (C=O) groups excluding carboxylic acids is 2. The van der Waals surface area contributed by atoms with Crippen LogP contribution in [0.5, 0.6) is 0 Å². The highest BCUT2D eigenvalue weighted by atomic mass is 16.2. The van der Waals surface area contributed by atoms with E-state index in [4.69, 9.17) is 0 Å². The van der Waals surface area contributed by atoms with Crippen LogP contribution >= 0.6 is 0 Å². The maximum Gasteiger partial charge on any atom is 0.242 e. The summed E-state index contributed by atoms with van der Waals surface area (Å²) < 4.78 is 0. The maximum atomic E-state index is 12.4. The molecule has 5 heteroatoms. The molecule has 0 heterocycles. The zero-order chi connectivity index (χ0) is 18.3. The number of nitrogens with one attached hydrogen (secondary N) is 2. The molecule has 5 nitrogen and oxygen atoms in total. The molecule has 1 aromatic rings. The molecule has 134 valence electrons. The third kappa shape index (κ3) is 5.96. The molecule has 2 amide bonds. The molecule has 1 aromatic carbocycles. The number of nitrogens with zero attached hydrogens (tertiary/aromatic N) is 1. The van der Waals surface area contributed by atoms with Crippen molar-refractivity contribution >= 4 is 11.8 Å². The second kappa shape index (κ2) is 9.42. The fraction of sp³-hybridized carbons (Fsp3) is 0.579. The van der Waals surface area contributed by atoms with Crippen LogP contribution < -0.4 is 10.6 Å². The lowest BCUT2D eigenvalue weighted by Gasteiger charge is -2.27. The van der Waals surface area contributed by atoms with Crippen LogP contribution in [0.15, 0.2) is 24.3 Å². The van der Waals surface area contributed by atoms with Crippen LogP contribution in [0, 0.1) is 5.92 Å². The van der Waals surface area contributed by atoms with Gasteiger partial charge in [0.25, 0.3) is 0 Å². The van der Waals surface area contributed by atoms with Crippen molar-refractivity contribution in [3.8, 4) is 0 Å². The number of aryl methyl sites for hydroxylation is 1. The minimum absolute atomic E-state index is 0.0375. The minimum atomic E-state index is -0.507. The van der Waals surface area contributed by atoms with Crippen molar-refractivity contribution in [2.75, 3.05) is 20.6 Å². The van der Waals surface area contributed by atoms with Crippen molar-refractivity contribution in [2.24, 2.45) is 5.92 Å². The molecule has 0 saturated heterocycles. The number of benzene rings is 1. The summed E-state index contributed by atoms with van der Waals surface area (Å²) in [6, 6.07) is 8.06. The quantitative estimate of drug-likeness (QED) is 0.766. The smallest absolute Gasteiger partial charge is 0.242 e. The van der Waals surface area contributed by atoms with Crippen LogP contribution in [0.3, 0.4) is 0 Å². The Hall–Kier alpha value is -1.88. The molecule has 0 bridgehead atoms. The first-order valence-electron chi connectivity index (χ1n) is 8.56. The fourth-order valence-electron chi connectivity index (χ4n) is 2.64. The van der Waals surface area contributed by atoms with Crippen LogP contribution in [-0.2, 0) is 16.0 Å². The number of hydrogen-bond donors (Lipinski definition) is 2. The van der Waals surface area contributed by atoms with Gasteiger partial charge < -0.3 is 15.5 Å². The molecular weight excluding hydrogens is 302 g/mol. The predicted octanol–water partition coefficient (Wildman–Crippen LogP) is 2.13. The molecule has 0 saturated carbocycles. The molecule has 2 unspecified atom stereocenters. The van der Waals surface area contributed by atoms with E-state index in [2.05, 4.69) is 46.7 Å². The SMILES string of the molecule is CCc1ccc(C(CNC(=O)C(NC(C)=O)C(C)C)N(C)C)cc1. The molecule has 0 fully saturated rings. The highest BCUT2D eigenvalue weighted by Gasteiger charge is 2.24. The second-order valence-electron chi connectivity index (χ2n) is 6.74.